The molecule has 1 aliphatic heterocycles. The number of carbonyl (C=O) groups is 1. The molecule has 7 nitrogen and oxygen atoms in total. The van der Waals surface area contributed by atoms with E-state index < -0.39 is 0 Å². The Morgan fingerprint density at radius 1 is 1.22 bits per heavy atom. The fourth-order valence-corrected chi connectivity index (χ4v) is 3.60. The summed E-state index contributed by atoms with van der Waals surface area (Å²) in [4.78, 5) is 30.6. The zero-order chi connectivity index (χ0) is 19.6. The van der Waals surface area contributed by atoms with Crippen molar-refractivity contribution in [2.75, 3.05) is 27.3 Å². The molecular weight excluding hydrogens is 346 g/mol. The molecule has 0 unspecified atom stereocenters. The number of rotatable bonds is 5. The Hall–Kier alpha value is -2.83. The molecule has 0 spiro atoms. The quantitative estimate of drug-likeness (QED) is 0.803. The second kappa shape index (κ2) is 7.82. The van der Waals surface area contributed by atoms with Crippen molar-refractivity contribution in [1.29, 1.82) is 0 Å². The first-order valence-corrected chi connectivity index (χ1v) is 8.97. The first-order chi connectivity index (χ1) is 12.9. The topological polar surface area (TPSA) is 73.7 Å². The van der Waals surface area contributed by atoms with E-state index in [1.54, 1.807) is 26.0 Å². The number of ether oxygens (including phenoxy) is 2. The molecule has 1 saturated heterocycles. The van der Waals surface area contributed by atoms with E-state index in [9.17, 15) is 9.59 Å². The van der Waals surface area contributed by atoms with Crippen LogP contribution in [0, 0.1) is 13.8 Å². The second-order valence-electron chi connectivity index (χ2n) is 6.84. The molecule has 1 fully saturated rings. The molecule has 2 heterocycles. The van der Waals surface area contributed by atoms with E-state index in [0.717, 1.165) is 29.2 Å². The van der Waals surface area contributed by atoms with E-state index in [2.05, 4.69) is 4.98 Å². The van der Waals surface area contributed by atoms with Crippen LogP contribution in [0.5, 0.6) is 11.5 Å². The smallest absolute Gasteiger partial charge is 0.348 e. The average molecular weight is 371 g/mol. The first-order valence-electron chi connectivity index (χ1n) is 8.97. The van der Waals surface area contributed by atoms with E-state index in [1.165, 1.54) is 4.57 Å². The second-order valence-corrected chi connectivity index (χ2v) is 6.84. The molecule has 27 heavy (non-hydrogen) atoms. The number of hydrogen-bond acceptors (Lipinski definition) is 5. The molecule has 0 saturated carbocycles. The largest absolute Gasteiger partial charge is 0.497 e. The van der Waals surface area contributed by atoms with Crippen molar-refractivity contribution in [3.8, 4) is 11.5 Å². The zero-order valence-electron chi connectivity index (χ0n) is 16.2. The van der Waals surface area contributed by atoms with Gasteiger partial charge in [0, 0.05) is 36.0 Å². The Bertz CT molecular complexity index is 907. The third-order valence-electron chi connectivity index (χ3n) is 5.06. The Labute approximate surface area is 158 Å². The van der Waals surface area contributed by atoms with Gasteiger partial charge in [-0.1, -0.05) is 0 Å². The molecule has 1 aromatic heterocycles. The lowest BCUT2D eigenvalue weighted by molar-refractivity contribution is -0.130. The van der Waals surface area contributed by atoms with E-state index >= 15 is 0 Å². The molecule has 1 aliphatic rings. The molecule has 144 valence electrons. The number of nitrogens with zero attached hydrogens (tertiary/aromatic N) is 3. The third-order valence-corrected chi connectivity index (χ3v) is 5.06. The molecule has 1 aromatic carbocycles. The Morgan fingerprint density at radius 3 is 2.67 bits per heavy atom. The summed E-state index contributed by atoms with van der Waals surface area (Å²) in [6.07, 6.45) is 0.843. The van der Waals surface area contributed by atoms with Crippen molar-refractivity contribution in [3.63, 3.8) is 0 Å². The van der Waals surface area contributed by atoms with E-state index in [-0.39, 0.29) is 24.1 Å². The summed E-state index contributed by atoms with van der Waals surface area (Å²) >= 11 is 0. The fraction of sp³-hybridized carbons (Fsp3) is 0.450. The van der Waals surface area contributed by atoms with Crippen molar-refractivity contribution < 1.29 is 14.3 Å². The molecule has 0 radical (unpaired) electrons. The van der Waals surface area contributed by atoms with Crippen molar-refractivity contribution in [2.24, 2.45) is 0 Å². The van der Waals surface area contributed by atoms with Crippen LogP contribution < -0.4 is 15.2 Å². The highest BCUT2D eigenvalue weighted by Crippen LogP contribution is 2.36. The van der Waals surface area contributed by atoms with Gasteiger partial charge in [0.2, 0.25) is 5.91 Å². The highest BCUT2D eigenvalue weighted by Gasteiger charge is 2.29. The van der Waals surface area contributed by atoms with Crippen LogP contribution in [-0.4, -0.2) is 47.7 Å². The highest BCUT2D eigenvalue weighted by atomic mass is 16.5. The summed E-state index contributed by atoms with van der Waals surface area (Å²) in [5, 5.41) is 0. The van der Waals surface area contributed by atoms with Gasteiger partial charge in [-0.05, 0) is 44.5 Å². The van der Waals surface area contributed by atoms with Crippen LogP contribution in [-0.2, 0) is 11.3 Å². The summed E-state index contributed by atoms with van der Waals surface area (Å²) in [5.41, 5.74) is 2.06. The molecule has 1 amide bonds. The average Bonchev–Trinajstić information content (AvgIpc) is 3.14. The van der Waals surface area contributed by atoms with Gasteiger partial charge in [0.15, 0.2) is 0 Å². The Morgan fingerprint density at radius 2 is 2.00 bits per heavy atom. The van der Waals surface area contributed by atoms with Gasteiger partial charge in [-0.3, -0.25) is 9.36 Å². The predicted octanol–water partition coefficient (Wildman–Crippen LogP) is 1.89. The lowest BCUT2D eigenvalue weighted by atomic mass is 9.97. The number of likely N-dealkylation sites (tertiary alicyclic amines) is 1. The summed E-state index contributed by atoms with van der Waals surface area (Å²) in [6.45, 7) is 4.84. The van der Waals surface area contributed by atoms with E-state index in [4.69, 9.17) is 9.47 Å². The summed E-state index contributed by atoms with van der Waals surface area (Å²) < 4.78 is 12.2. The van der Waals surface area contributed by atoms with Crippen molar-refractivity contribution in [2.45, 2.75) is 32.7 Å². The van der Waals surface area contributed by atoms with Gasteiger partial charge in [0.25, 0.3) is 0 Å². The maximum absolute atomic E-state index is 12.7. The fourth-order valence-electron chi connectivity index (χ4n) is 3.60. The minimum atomic E-state index is -0.383. The summed E-state index contributed by atoms with van der Waals surface area (Å²) in [7, 11) is 3.27. The van der Waals surface area contributed by atoms with Gasteiger partial charge in [0.1, 0.15) is 18.0 Å². The standard InChI is InChI=1S/C20H25N3O4/c1-13-9-14(2)23(20(25)21-13)12-19(24)22-8-7-15(11-22)17-10-16(26-3)5-6-18(17)27-4/h5-6,9-10,15H,7-8,11-12H2,1-4H3/t15-/m1/s1. The van der Waals surface area contributed by atoms with Gasteiger partial charge in [-0.2, -0.15) is 4.98 Å². The van der Waals surface area contributed by atoms with Crippen LogP contribution in [0.4, 0.5) is 0 Å². The van der Waals surface area contributed by atoms with Gasteiger partial charge in [-0.25, -0.2) is 4.79 Å². The van der Waals surface area contributed by atoms with Gasteiger partial charge in [0.05, 0.1) is 14.2 Å². The van der Waals surface area contributed by atoms with Crippen molar-refractivity contribution in [1.82, 2.24) is 14.5 Å². The monoisotopic (exact) mass is 371 g/mol. The maximum Gasteiger partial charge on any atom is 0.348 e. The van der Waals surface area contributed by atoms with Gasteiger partial charge in [-0.15, -0.1) is 0 Å². The molecule has 1 atom stereocenters. The van der Waals surface area contributed by atoms with Crippen LogP contribution in [0.15, 0.2) is 29.1 Å². The van der Waals surface area contributed by atoms with Crippen LogP contribution >= 0.6 is 0 Å². The minimum Gasteiger partial charge on any atom is -0.497 e. The van der Waals surface area contributed by atoms with Crippen LogP contribution in [0.25, 0.3) is 0 Å². The number of benzene rings is 1. The Balaban J connectivity index is 1.75. The van der Waals surface area contributed by atoms with Crippen molar-refractivity contribution >= 4 is 5.91 Å². The molecule has 0 bridgehead atoms. The molecule has 0 N–H and O–H groups in total. The lowest BCUT2D eigenvalue weighted by Crippen LogP contribution is -2.36. The van der Waals surface area contributed by atoms with E-state index in [1.807, 2.05) is 31.2 Å². The molecule has 3 rings (SSSR count). The van der Waals surface area contributed by atoms with E-state index in [0.29, 0.717) is 18.8 Å². The lowest BCUT2D eigenvalue weighted by Gasteiger charge is -2.19. The Kier molecular flexibility index (Phi) is 5.48. The normalized spacial score (nSPS) is 16.4. The minimum absolute atomic E-state index is 0.0138. The SMILES string of the molecule is COc1ccc(OC)c([C@@H]2CCN(C(=O)Cn3c(C)cc(C)nc3=O)C2)c1. The van der Waals surface area contributed by atoms with Crippen LogP contribution in [0.3, 0.4) is 0 Å². The molecular formula is C20H25N3O4. The molecule has 7 heteroatoms. The van der Waals surface area contributed by atoms with Crippen LogP contribution in [0.2, 0.25) is 0 Å². The summed E-state index contributed by atoms with van der Waals surface area (Å²) in [5.74, 6) is 1.66. The molecule has 2 aromatic rings. The zero-order valence-corrected chi connectivity index (χ0v) is 16.2. The first kappa shape index (κ1) is 18.9. The number of carbonyl (C=O) groups excluding carboxylic acids is 1. The number of amides is 1. The number of aromatic nitrogens is 2. The van der Waals surface area contributed by atoms with Gasteiger partial charge < -0.3 is 14.4 Å². The highest BCUT2D eigenvalue weighted by molar-refractivity contribution is 5.76. The third kappa shape index (κ3) is 3.97. The molecule has 0 aliphatic carbocycles. The van der Waals surface area contributed by atoms with Crippen LogP contribution in [0.1, 0.15) is 29.3 Å². The number of aryl methyl sites for hydroxylation is 2. The van der Waals surface area contributed by atoms with Gasteiger partial charge >= 0.3 is 5.69 Å². The maximum atomic E-state index is 12.7. The van der Waals surface area contributed by atoms with Crippen molar-refractivity contribution in [3.05, 3.63) is 51.7 Å². The number of methoxy groups -OCH3 is 2. The predicted molar refractivity (Wildman–Crippen MR) is 101 cm³/mol. The number of hydrogen-bond donors (Lipinski definition) is 0. The summed E-state index contributed by atoms with van der Waals surface area (Å²) in [6, 6.07) is 7.53.